The van der Waals surface area contributed by atoms with Crippen LogP contribution in [0.5, 0.6) is 0 Å². The normalized spacial score (nSPS) is 11.0. The summed E-state index contributed by atoms with van der Waals surface area (Å²) in [6, 6.07) is 8.25. The van der Waals surface area contributed by atoms with Gasteiger partial charge in [0.15, 0.2) is 4.90 Å². The van der Waals surface area contributed by atoms with E-state index in [0.717, 1.165) is 18.2 Å². The molecule has 9 heteroatoms. The molecule has 0 spiro atoms. The van der Waals surface area contributed by atoms with E-state index in [1.807, 2.05) is 0 Å². The third-order valence-corrected chi connectivity index (χ3v) is 4.28. The summed E-state index contributed by atoms with van der Waals surface area (Å²) in [5.74, 6) is -2.38. The SMILES string of the molecule is CCOC(=O)Nc1ccc(NS(=O)(=O)c2c(F)cccc2F)cc1. The molecule has 0 unspecified atom stereocenters. The molecule has 2 N–H and O–H groups in total. The summed E-state index contributed by atoms with van der Waals surface area (Å²) >= 11 is 0. The predicted octanol–water partition coefficient (Wildman–Crippen LogP) is 3.33. The van der Waals surface area contributed by atoms with E-state index in [9.17, 15) is 22.0 Å². The van der Waals surface area contributed by atoms with Gasteiger partial charge < -0.3 is 4.74 Å². The first-order valence-electron chi connectivity index (χ1n) is 6.84. The first kappa shape index (κ1) is 17.7. The highest BCUT2D eigenvalue weighted by molar-refractivity contribution is 7.92. The third kappa shape index (κ3) is 4.19. The number of benzene rings is 2. The first-order chi connectivity index (χ1) is 11.3. The highest BCUT2D eigenvalue weighted by atomic mass is 32.2. The van der Waals surface area contributed by atoms with E-state index < -0.39 is 32.6 Å². The molecule has 0 aromatic heterocycles. The molecular formula is C15H14F2N2O4S. The summed E-state index contributed by atoms with van der Waals surface area (Å²) in [6.07, 6.45) is -0.653. The molecule has 24 heavy (non-hydrogen) atoms. The van der Waals surface area contributed by atoms with Gasteiger partial charge >= 0.3 is 6.09 Å². The number of amides is 1. The second-order valence-corrected chi connectivity index (χ2v) is 6.20. The van der Waals surface area contributed by atoms with Crippen molar-refractivity contribution in [2.24, 2.45) is 0 Å². The third-order valence-electron chi connectivity index (χ3n) is 2.85. The van der Waals surface area contributed by atoms with E-state index in [4.69, 9.17) is 4.74 Å². The van der Waals surface area contributed by atoms with Gasteiger partial charge in [-0.2, -0.15) is 0 Å². The number of hydrogen-bond donors (Lipinski definition) is 2. The van der Waals surface area contributed by atoms with Gasteiger partial charge in [0.2, 0.25) is 0 Å². The summed E-state index contributed by atoms with van der Waals surface area (Å²) in [6.45, 7) is 1.86. The summed E-state index contributed by atoms with van der Waals surface area (Å²) in [5, 5.41) is 2.42. The van der Waals surface area contributed by atoms with E-state index in [2.05, 4.69) is 10.0 Å². The number of hydrogen-bond acceptors (Lipinski definition) is 4. The fourth-order valence-electron chi connectivity index (χ4n) is 1.85. The topological polar surface area (TPSA) is 84.5 Å². The molecular weight excluding hydrogens is 342 g/mol. The van der Waals surface area contributed by atoms with Gasteiger partial charge in [0.1, 0.15) is 11.6 Å². The zero-order valence-electron chi connectivity index (χ0n) is 12.5. The van der Waals surface area contributed by atoms with Gasteiger partial charge in [-0.15, -0.1) is 0 Å². The van der Waals surface area contributed by atoms with Crippen LogP contribution < -0.4 is 10.0 Å². The number of rotatable bonds is 5. The van der Waals surface area contributed by atoms with Crippen molar-refractivity contribution < 1.29 is 26.7 Å². The molecule has 0 aliphatic heterocycles. The van der Waals surface area contributed by atoms with Crippen molar-refractivity contribution >= 4 is 27.5 Å². The molecule has 2 aromatic rings. The number of anilines is 2. The number of sulfonamides is 1. The van der Waals surface area contributed by atoms with Crippen molar-refractivity contribution in [1.29, 1.82) is 0 Å². The molecule has 1 amide bonds. The maximum atomic E-state index is 13.6. The van der Waals surface area contributed by atoms with Crippen LogP contribution in [0.25, 0.3) is 0 Å². The molecule has 2 aromatic carbocycles. The molecule has 0 atom stereocenters. The van der Waals surface area contributed by atoms with Crippen molar-refractivity contribution in [3.05, 3.63) is 54.1 Å². The number of carbonyl (C=O) groups excluding carboxylic acids is 1. The van der Waals surface area contributed by atoms with Crippen molar-refractivity contribution in [2.45, 2.75) is 11.8 Å². The van der Waals surface area contributed by atoms with Crippen molar-refractivity contribution in [1.82, 2.24) is 0 Å². The Labute approximate surface area is 137 Å². The minimum Gasteiger partial charge on any atom is -0.450 e. The Hall–Kier alpha value is -2.68. The Morgan fingerprint density at radius 1 is 1.04 bits per heavy atom. The van der Waals surface area contributed by atoms with Gasteiger partial charge in [-0.3, -0.25) is 10.0 Å². The smallest absolute Gasteiger partial charge is 0.411 e. The van der Waals surface area contributed by atoms with Crippen molar-refractivity contribution in [2.75, 3.05) is 16.6 Å². The van der Waals surface area contributed by atoms with Crippen LogP contribution in [0.2, 0.25) is 0 Å². The average molecular weight is 356 g/mol. The van der Waals surface area contributed by atoms with Crippen LogP contribution in [0, 0.1) is 11.6 Å². The highest BCUT2D eigenvalue weighted by Crippen LogP contribution is 2.22. The molecule has 0 saturated carbocycles. The second kappa shape index (κ2) is 7.26. The van der Waals surface area contributed by atoms with E-state index in [-0.39, 0.29) is 12.3 Å². The largest absolute Gasteiger partial charge is 0.450 e. The van der Waals surface area contributed by atoms with Crippen LogP contribution in [0.15, 0.2) is 47.4 Å². The predicted molar refractivity (Wildman–Crippen MR) is 84.3 cm³/mol. The van der Waals surface area contributed by atoms with Gasteiger partial charge in [0.05, 0.1) is 6.61 Å². The fraction of sp³-hybridized carbons (Fsp3) is 0.133. The maximum absolute atomic E-state index is 13.6. The molecule has 0 saturated heterocycles. The van der Waals surface area contributed by atoms with E-state index in [0.29, 0.717) is 5.69 Å². The van der Waals surface area contributed by atoms with Crippen LogP contribution in [-0.4, -0.2) is 21.1 Å². The molecule has 6 nitrogen and oxygen atoms in total. The summed E-state index contributed by atoms with van der Waals surface area (Å²) in [7, 11) is -4.43. The number of halogens is 2. The van der Waals surface area contributed by atoms with Gasteiger partial charge in [-0.1, -0.05) is 6.07 Å². The van der Waals surface area contributed by atoms with Crippen LogP contribution in [0.1, 0.15) is 6.92 Å². The second-order valence-electron chi connectivity index (χ2n) is 4.58. The summed E-state index contributed by atoms with van der Waals surface area (Å²) in [5.41, 5.74) is 0.445. The molecule has 0 heterocycles. The molecule has 0 aliphatic rings. The zero-order valence-corrected chi connectivity index (χ0v) is 13.4. The fourth-order valence-corrected chi connectivity index (χ4v) is 3.05. The Kier molecular flexibility index (Phi) is 5.35. The lowest BCUT2D eigenvalue weighted by Gasteiger charge is -2.10. The molecule has 0 aliphatic carbocycles. The number of nitrogens with one attached hydrogen (secondary N) is 2. The van der Waals surface area contributed by atoms with E-state index >= 15 is 0 Å². The van der Waals surface area contributed by atoms with Crippen molar-refractivity contribution in [3.63, 3.8) is 0 Å². The van der Waals surface area contributed by atoms with Crippen LogP contribution >= 0.6 is 0 Å². The maximum Gasteiger partial charge on any atom is 0.411 e. The first-order valence-corrected chi connectivity index (χ1v) is 8.32. The summed E-state index contributed by atoms with van der Waals surface area (Å²) in [4.78, 5) is 10.2. The number of carbonyl (C=O) groups is 1. The number of ether oxygens (including phenoxy) is 1. The lowest BCUT2D eigenvalue weighted by Crippen LogP contribution is -2.16. The molecule has 0 fully saturated rings. The molecule has 0 radical (unpaired) electrons. The zero-order chi connectivity index (χ0) is 17.7. The molecule has 2 rings (SSSR count). The van der Waals surface area contributed by atoms with Gasteiger partial charge in [0, 0.05) is 11.4 Å². The molecule has 0 bridgehead atoms. The van der Waals surface area contributed by atoms with Crippen LogP contribution in [-0.2, 0) is 14.8 Å². The molecule has 128 valence electrons. The van der Waals surface area contributed by atoms with Crippen LogP contribution in [0.4, 0.5) is 25.0 Å². The van der Waals surface area contributed by atoms with Gasteiger partial charge in [0.25, 0.3) is 10.0 Å². The van der Waals surface area contributed by atoms with Crippen LogP contribution in [0.3, 0.4) is 0 Å². The Morgan fingerprint density at radius 3 is 2.12 bits per heavy atom. The Morgan fingerprint density at radius 2 is 1.58 bits per heavy atom. The van der Waals surface area contributed by atoms with Crippen molar-refractivity contribution in [3.8, 4) is 0 Å². The monoisotopic (exact) mass is 356 g/mol. The van der Waals surface area contributed by atoms with E-state index in [1.165, 1.54) is 24.3 Å². The lowest BCUT2D eigenvalue weighted by molar-refractivity contribution is 0.168. The van der Waals surface area contributed by atoms with Gasteiger partial charge in [-0.25, -0.2) is 22.0 Å². The standard InChI is InChI=1S/C15H14F2N2O4S/c1-2-23-15(20)18-10-6-8-11(9-7-10)19-24(21,22)14-12(16)4-3-5-13(14)17/h3-9,19H,2H2,1H3,(H,18,20). The van der Waals surface area contributed by atoms with Gasteiger partial charge in [-0.05, 0) is 43.3 Å². The average Bonchev–Trinajstić information content (AvgIpc) is 2.48. The Balaban J connectivity index is 2.17. The minimum atomic E-state index is -4.43. The van der Waals surface area contributed by atoms with E-state index in [1.54, 1.807) is 6.92 Å². The highest BCUT2D eigenvalue weighted by Gasteiger charge is 2.23. The Bertz CT molecular complexity index is 819. The minimum absolute atomic E-state index is 0.0760. The quantitative estimate of drug-likeness (QED) is 0.861. The summed E-state index contributed by atoms with van der Waals surface area (Å²) < 4.78 is 58.2. The lowest BCUT2D eigenvalue weighted by atomic mass is 10.3.